The van der Waals surface area contributed by atoms with Crippen molar-refractivity contribution in [2.24, 2.45) is 11.7 Å². The molecule has 94 valence electrons. The molecule has 0 unspecified atom stereocenters. The van der Waals surface area contributed by atoms with Gasteiger partial charge in [0.2, 0.25) is 0 Å². The number of amides is 2. The van der Waals surface area contributed by atoms with Crippen molar-refractivity contribution in [2.45, 2.75) is 0 Å². The molecule has 0 aliphatic rings. The topological polar surface area (TPSA) is 130 Å². The van der Waals surface area contributed by atoms with Crippen LogP contribution in [0, 0.1) is 0 Å². The Balaban J connectivity index is 0.000000366. The van der Waals surface area contributed by atoms with Crippen molar-refractivity contribution >= 4 is 35.5 Å². The number of hydrogen-bond acceptors (Lipinski definition) is 5. The second kappa shape index (κ2) is 7.69. The van der Waals surface area contributed by atoms with E-state index in [-0.39, 0.29) is 16.3 Å². The average Bonchev–Trinajstić information content (AvgIpc) is 2.33. The predicted octanol–water partition coefficient (Wildman–Crippen LogP) is 0.544. The number of phenolic OH excluding ortho intramolecular Hbond substituents is 1. The monoisotopic (exact) mass is 280 g/mol. The highest BCUT2D eigenvalue weighted by Gasteiger charge is 2.05. The summed E-state index contributed by atoms with van der Waals surface area (Å²) in [5.74, 6) is 8.85. The second-order valence-corrected chi connectivity index (χ2v) is 3.40. The van der Waals surface area contributed by atoms with Crippen LogP contribution in [0.2, 0.25) is 10.0 Å². The summed E-state index contributed by atoms with van der Waals surface area (Å²) in [5.41, 5.74) is 3.58. The molecular formula is C8H10Cl2N4O3. The van der Waals surface area contributed by atoms with Crippen LogP contribution < -0.4 is 22.5 Å². The van der Waals surface area contributed by atoms with Crippen molar-refractivity contribution in [3.8, 4) is 5.75 Å². The molecule has 0 saturated carbocycles. The van der Waals surface area contributed by atoms with Crippen LogP contribution >= 0.6 is 23.2 Å². The number of halogens is 2. The Labute approximate surface area is 107 Å². The van der Waals surface area contributed by atoms with Crippen molar-refractivity contribution in [1.29, 1.82) is 0 Å². The van der Waals surface area contributed by atoms with Gasteiger partial charge in [-0.2, -0.15) is 0 Å². The normalized spacial score (nSPS) is 8.71. The zero-order valence-electron chi connectivity index (χ0n) is 8.41. The largest absolute Gasteiger partial charge is 0.506 e. The third-order valence-electron chi connectivity index (χ3n) is 1.45. The number of aldehydes is 1. The fraction of sp³-hybridized carbons (Fsp3) is 0. The number of aromatic hydroxyl groups is 1. The van der Waals surface area contributed by atoms with E-state index in [2.05, 4.69) is 11.7 Å². The third-order valence-corrected chi connectivity index (χ3v) is 1.95. The average molecular weight is 281 g/mol. The van der Waals surface area contributed by atoms with Crippen LogP contribution in [-0.4, -0.2) is 17.4 Å². The molecule has 2 amide bonds. The van der Waals surface area contributed by atoms with E-state index in [9.17, 15) is 9.59 Å². The molecule has 0 bridgehead atoms. The highest BCUT2D eigenvalue weighted by Crippen LogP contribution is 2.29. The summed E-state index contributed by atoms with van der Waals surface area (Å²) in [6.07, 6.45) is 0.493. The minimum Gasteiger partial charge on any atom is -0.506 e. The van der Waals surface area contributed by atoms with E-state index in [1.807, 2.05) is 0 Å². The van der Waals surface area contributed by atoms with Crippen molar-refractivity contribution in [3.05, 3.63) is 27.7 Å². The number of nitrogens with two attached hydrogens (primary N) is 2. The van der Waals surface area contributed by atoms with Gasteiger partial charge in [-0.05, 0) is 12.1 Å². The number of phenols is 1. The van der Waals surface area contributed by atoms with Crippen LogP contribution in [0.5, 0.6) is 5.75 Å². The molecule has 1 aromatic carbocycles. The first-order chi connectivity index (χ1) is 7.96. The van der Waals surface area contributed by atoms with Gasteiger partial charge >= 0.3 is 6.03 Å². The molecule has 0 spiro atoms. The molecule has 7 N–H and O–H groups in total. The lowest BCUT2D eigenvalue weighted by molar-refractivity contribution is 0.112. The van der Waals surface area contributed by atoms with Crippen LogP contribution in [0.25, 0.3) is 0 Å². The van der Waals surface area contributed by atoms with Gasteiger partial charge in [0.1, 0.15) is 5.75 Å². The number of hydrogen-bond donors (Lipinski definition) is 5. The Bertz CT molecular complexity index is 408. The van der Waals surface area contributed by atoms with E-state index in [1.165, 1.54) is 12.1 Å². The molecule has 0 heterocycles. The van der Waals surface area contributed by atoms with Gasteiger partial charge in [-0.25, -0.2) is 16.5 Å². The Morgan fingerprint density at radius 1 is 1.29 bits per heavy atom. The maximum atomic E-state index is 10.3. The number of urea groups is 1. The van der Waals surface area contributed by atoms with E-state index in [0.717, 1.165) is 0 Å². The molecule has 0 atom stereocenters. The molecule has 0 aromatic heterocycles. The number of rotatable bonds is 1. The first-order valence-corrected chi connectivity index (χ1v) is 4.82. The fourth-order valence-electron chi connectivity index (χ4n) is 0.717. The van der Waals surface area contributed by atoms with Crippen molar-refractivity contribution in [3.63, 3.8) is 0 Å². The first-order valence-electron chi connectivity index (χ1n) is 4.06. The molecule has 1 rings (SSSR count). The molecule has 1 aromatic rings. The van der Waals surface area contributed by atoms with Gasteiger partial charge < -0.3 is 5.11 Å². The van der Waals surface area contributed by atoms with Gasteiger partial charge in [0.25, 0.3) is 0 Å². The number of nitrogens with one attached hydrogen (secondary N) is 2. The summed E-state index contributed by atoms with van der Waals surface area (Å²) in [7, 11) is 0. The van der Waals surface area contributed by atoms with E-state index >= 15 is 0 Å². The van der Waals surface area contributed by atoms with Crippen LogP contribution in [0.1, 0.15) is 10.4 Å². The fourth-order valence-corrected chi connectivity index (χ4v) is 1.23. The Hall–Kier alpha value is -1.54. The maximum Gasteiger partial charge on any atom is 0.343 e. The number of hydrazine groups is 2. The van der Waals surface area contributed by atoms with E-state index in [1.54, 1.807) is 10.9 Å². The van der Waals surface area contributed by atoms with Crippen LogP contribution in [0.3, 0.4) is 0 Å². The molecule has 9 heteroatoms. The van der Waals surface area contributed by atoms with Gasteiger partial charge in [0.05, 0.1) is 10.6 Å². The third kappa shape index (κ3) is 5.36. The Morgan fingerprint density at radius 3 is 2.18 bits per heavy atom. The van der Waals surface area contributed by atoms with Crippen molar-refractivity contribution in [2.75, 3.05) is 0 Å². The summed E-state index contributed by atoms with van der Waals surface area (Å²) in [4.78, 5) is 20.0. The van der Waals surface area contributed by atoms with Crippen LogP contribution in [0.4, 0.5) is 4.79 Å². The summed E-state index contributed by atoms with van der Waals surface area (Å²) in [5, 5.41) is 9.51. The van der Waals surface area contributed by atoms with Gasteiger partial charge in [-0.3, -0.25) is 15.6 Å². The summed E-state index contributed by atoms with van der Waals surface area (Å²) >= 11 is 11.1. The van der Waals surface area contributed by atoms with Gasteiger partial charge in [0, 0.05) is 5.02 Å². The molecule has 7 nitrogen and oxygen atoms in total. The zero-order chi connectivity index (χ0) is 13.4. The number of carbonyl (C=O) groups excluding carboxylic acids is 2. The summed E-state index contributed by atoms with van der Waals surface area (Å²) < 4.78 is 0. The summed E-state index contributed by atoms with van der Waals surface area (Å²) in [6.45, 7) is 0. The van der Waals surface area contributed by atoms with E-state index in [4.69, 9.17) is 28.3 Å². The minimum atomic E-state index is -0.602. The smallest absolute Gasteiger partial charge is 0.343 e. The quantitative estimate of drug-likeness (QED) is 0.222. The zero-order valence-corrected chi connectivity index (χ0v) is 9.92. The molecule has 0 fully saturated rings. The number of benzene rings is 1. The molecule has 0 aliphatic heterocycles. The highest BCUT2D eigenvalue weighted by atomic mass is 35.5. The minimum absolute atomic E-state index is 0.0830. The van der Waals surface area contributed by atoms with Gasteiger partial charge in [-0.15, -0.1) is 0 Å². The lowest BCUT2D eigenvalue weighted by atomic mass is 10.2. The van der Waals surface area contributed by atoms with Crippen molar-refractivity contribution < 1.29 is 14.7 Å². The first kappa shape index (κ1) is 15.5. The molecule has 0 saturated heterocycles. The molecule has 0 aliphatic carbocycles. The molecule has 0 radical (unpaired) electrons. The number of carbonyl (C=O) groups is 2. The summed E-state index contributed by atoms with van der Waals surface area (Å²) in [6, 6.07) is 2.11. The molecule has 17 heavy (non-hydrogen) atoms. The van der Waals surface area contributed by atoms with Gasteiger partial charge in [-0.1, -0.05) is 23.2 Å². The maximum absolute atomic E-state index is 10.3. The second-order valence-electron chi connectivity index (χ2n) is 2.56. The van der Waals surface area contributed by atoms with Crippen molar-refractivity contribution in [1.82, 2.24) is 10.9 Å². The lowest BCUT2D eigenvalue weighted by Gasteiger charge is -1.99. The van der Waals surface area contributed by atoms with E-state index < -0.39 is 6.03 Å². The van der Waals surface area contributed by atoms with Crippen LogP contribution in [-0.2, 0) is 0 Å². The van der Waals surface area contributed by atoms with Gasteiger partial charge in [0.15, 0.2) is 6.29 Å². The standard InChI is InChI=1S/C7H4Cl2O2.CH6N4O/c8-5-1-4(3-10)7(11)6(9)2-5;2-4-1(6)5-3/h1-3,11H;2-3H2,(H2,4,5,6). The predicted molar refractivity (Wildman–Crippen MR) is 63.6 cm³/mol. The Morgan fingerprint density at radius 2 is 1.82 bits per heavy atom. The van der Waals surface area contributed by atoms with Crippen LogP contribution in [0.15, 0.2) is 12.1 Å². The molecular weight excluding hydrogens is 271 g/mol. The van der Waals surface area contributed by atoms with E-state index in [0.29, 0.717) is 11.3 Å². The lowest BCUT2D eigenvalue weighted by Crippen LogP contribution is -2.43. The highest BCUT2D eigenvalue weighted by molar-refractivity contribution is 6.36. The Kier molecular flexibility index (Phi) is 6.99. The SMILES string of the molecule is NNC(=O)NN.O=Cc1cc(Cl)cc(Cl)c1O.